The van der Waals surface area contributed by atoms with Crippen LogP contribution in [-0.4, -0.2) is 35.1 Å². The third-order valence-electron chi connectivity index (χ3n) is 2.00. The molecule has 0 aromatic carbocycles. The van der Waals surface area contributed by atoms with Crippen molar-refractivity contribution in [1.29, 1.82) is 0 Å². The van der Waals surface area contributed by atoms with E-state index in [-0.39, 0.29) is 19.0 Å². The van der Waals surface area contributed by atoms with Gasteiger partial charge in [-0.05, 0) is 22.0 Å². The highest BCUT2D eigenvalue weighted by atomic mass is 79.9. The minimum absolute atomic E-state index is 0.139. The third kappa shape index (κ3) is 1.60. The molecule has 1 N–H and O–H groups in total. The lowest BCUT2D eigenvalue weighted by molar-refractivity contribution is 0.0395. The average Bonchev–Trinajstić information content (AvgIpc) is 2.45. The molecule has 2 heterocycles. The number of carbonyl (C=O) groups excluding carboxylic acids is 1. The summed E-state index contributed by atoms with van der Waals surface area (Å²) in [5.74, 6) is -0.139. The summed E-state index contributed by atoms with van der Waals surface area (Å²) in [5, 5.41) is 0. The maximum absolute atomic E-state index is 12.4. The van der Waals surface area contributed by atoms with Crippen molar-refractivity contribution in [2.45, 2.75) is 6.17 Å². The lowest BCUT2D eigenvalue weighted by atomic mass is 10.2. The number of carbonyl (C=O) groups is 1. The van der Waals surface area contributed by atoms with Crippen LogP contribution in [0.5, 0.6) is 0 Å². The standard InChI is InChI=1S/C8H8BrFN2O/c9-5-1-7(11-2-5)8(13)12-3-6(10)4-12/h1-2,6,11H,3-4H2. The van der Waals surface area contributed by atoms with Gasteiger partial charge in [0.2, 0.25) is 0 Å². The van der Waals surface area contributed by atoms with Crippen LogP contribution in [0.15, 0.2) is 16.7 Å². The molecule has 1 saturated heterocycles. The van der Waals surface area contributed by atoms with Crippen LogP contribution in [0, 0.1) is 0 Å². The second-order valence-corrected chi connectivity index (χ2v) is 3.95. The van der Waals surface area contributed by atoms with Gasteiger partial charge in [-0.15, -0.1) is 0 Å². The van der Waals surface area contributed by atoms with E-state index in [4.69, 9.17) is 0 Å². The highest BCUT2D eigenvalue weighted by molar-refractivity contribution is 9.10. The van der Waals surface area contributed by atoms with Gasteiger partial charge < -0.3 is 9.88 Å². The zero-order valence-electron chi connectivity index (χ0n) is 6.76. The van der Waals surface area contributed by atoms with Gasteiger partial charge in [-0.1, -0.05) is 0 Å². The lowest BCUT2D eigenvalue weighted by Gasteiger charge is -2.33. The predicted octanol–water partition coefficient (Wildman–Crippen LogP) is 1.57. The number of rotatable bonds is 1. The normalized spacial score (nSPS) is 17.2. The van der Waals surface area contributed by atoms with Gasteiger partial charge in [0.1, 0.15) is 11.9 Å². The fraction of sp³-hybridized carbons (Fsp3) is 0.375. The molecule has 5 heteroatoms. The molecule has 70 valence electrons. The first-order valence-corrected chi connectivity index (χ1v) is 4.73. The number of amides is 1. The first-order valence-electron chi connectivity index (χ1n) is 3.94. The molecule has 0 unspecified atom stereocenters. The van der Waals surface area contributed by atoms with E-state index in [1.54, 1.807) is 12.3 Å². The highest BCUT2D eigenvalue weighted by Gasteiger charge is 2.31. The smallest absolute Gasteiger partial charge is 0.270 e. The van der Waals surface area contributed by atoms with Crippen molar-refractivity contribution in [1.82, 2.24) is 9.88 Å². The molecule has 0 aliphatic carbocycles. The first-order chi connectivity index (χ1) is 6.16. The molecule has 1 fully saturated rings. The number of H-pyrrole nitrogens is 1. The van der Waals surface area contributed by atoms with E-state index in [0.29, 0.717) is 5.69 Å². The van der Waals surface area contributed by atoms with E-state index in [9.17, 15) is 9.18 Å². The zero-order valence-corrected chi connectivity index (χ0v) is 8.34. The zero-order chi connectivity index (χ0) is 9.42. The summed E-state index contributed by atoms with van der Waals surface area (Å²) in [6.07, 6.45) is 0.835. The highest BCUT2D eigenvalue weighted by Crippen LogP contribution is 2.17. The van der Waals surface area contributed by atoms with Gasteiger partial charge in [-0.2, -0.15) is 0 Å². The number of hydrogen-bond acceptors (Lipinski definition) is 1. The van der Waals surface area contributed by atoms with Crippen molar-refractivity contribution < 1.29 is 9.18 Å². The second-order valence-electron chi connectivity index (χ2n) is 3.04. The first kappa shape index (κ1) is 8.74. The Bertz CT molecular complexity index is 333. The van der Waals surface area contributed by atoms with Crippen molar-refractivity contribution in [3.8, 4) is 0 Å². The van der Waals surface area contributed by atoms with Crippen LogP contribution < -0.4 is 0 Å². The van der Waals surface area contributed by atoms with Gasteiger partial charge in [0.05, 0.1) is 13.1 Å². The summed E-state index contributed by atoms with van der Waals surface area (Å²) in [5.41, 5.74) is 0.499. The number of hydrogen-bond donors (Lipinski definition) is 1. The third-order valence-corrected chi connectivity index (χ3v) is 2.46. The SMILES string of the molecule is O=C(c1cc(Br)c[nH]1)N1CC(F)C1. The lowest BCUT2D eigenvalue weighted by Crippen LogP contribution is -2.51. The van der Waals surface area contributed by atoms with Crippen LogP contribution in [0.4, 0.5) is 4.39 Å². The van der Waals surface area contributed by atoms with Gasteiger partial charge in [0, 0.05) is 10.7 Å². The molecule has 0 saturated carbocycles. The van der Waals surface area contributed by atoms with Crippen molar-refractivity contribution in [2.24, 2.45) is 0 Å². The van der Waals surface area contributed by atoms with Crippen molar-refractivity contribution >= 4 is 21.8 Å². The molecule has 1 aromatic heterocycles. The molecule has 0 atom stereocenters. The Labute approximate surface area is 83.0 Å². The number of nitrogens with one attached hydrogen (secondary N) is 1. The fourth-order valence-electron chi connectivity index (χ4n) is 1.25. The molecule has 1 aliphatic heterocycles. The summed E-state index contributed by atoms with van der Waals surface area (Å²) in [7, 11) is 0. The molecular weight excluding hydrogens is 239 g/mol. The minimum Gasteiger partial charge on any atom is -0.356 e. The van der Waals surface area contributed by atoms with Crippen molar-refractivity contribution in [3.05, 3.63) is 22.4 Å². The Balaban J connectivity index is 2.06. The largest absolute Gasteiger partial charge is 0.356 e. The topological polar surface area (TPSA) is 36.1 Å². The molecular formula is C8H8BrFN2O. The predicted molar refractivity (Wildman–Crippen MR) is 49.3 cm³/mol. The Hall–Kier alpha value is -0.840. The van der Waals surface area contributed by atoms with E-state index in [0.717, 1.165) is 4.47 Å². The van der Waals surface area contributed by atoms with Crippen LogP contribution >= 0.6 is 15.9 Å². The van der Waals surface area contributed by atoms with Crippen LogP contribution in [0.3, 0.4) is 0 Å². The summed E-state index contributed by atoms with van der Waals surface area (Å²) in [4.78, 5) is 15.8. The monoisotopic (exact) mass is 246 g/mol. The number of nitrogens with zero attached hydrogens (tertiary/aromatic N) is 1. The van der Waals surface area contributed by atoms with Crippen LogP contribution in [0.1, 0.15) is 10.5 Å². The summed E-state index contributed by atoms with van der Waals surface area (Å²) in [6, 6.07) is 1.69. The molecule has 1 aromatic rings. The summed E-state index contributed by atoms with van der Waals surface area (Å²) >= 11 is 3.23. The fourth-order valence-corrected chi connectivity index (χ4v) is 1.60. The summed E-state index contributed by atoms with van der Waals surface area (Å²) in [6.45, 7) is 0.435. The van der Waals surface area contributed by atoms with Gasteiger partial charge in [0.25, 0.3) is 5.91 Å². The molecule has 1 amide bonds. The number of alkyl halides is 1. The molecule has 0 bridgehead atoms. The van der Waals surface area contributed by atoms with Crippen molar-refractivity contribution in [2.75, 3.05) is 13.1 Å². The number of likely N-dealkylation sites (tertiary alicyclic amines) is 1. The molecule has 0 spiro atoms. The molecule has 1 aliphatic rings. The van der Waals surface area contributed by atoms with Gasteiger partial charge in [-0.3, -0.25) is 4.79 Å². The molecule has 3 nitrogen and oxygen atoms in total. The Morgan fingerprint density at radius 1 is 1.69 bits per heavy atom. The van der Waals surface area contributed by atoms with Gasteiger partial charge in [0.15, 0.2) is 0 Å². The van der Waals surface area contributed by atoms with E-state index in [1.807, 2.05) is 0 Å². The Morgan fingerprint density at radius 3 is 2.85 bits per heavy atom. The number of halogens is 2. The van der Waals surface area contributed by atoms with Crippen LogP contribution in [-0.2, 0) is 0 Å². The number of aromatic nitrogens is 1. The van der Waals surface area contributed by atoms with Crippen molar-refractivity contribution in [3.63, 3.8) is 0 Å². The Morgan fingerprint density at radius 2 is 2.38 bits per heavy atom. The van der Waals surface area contributed by atoms with Crippen LogP contribution in [0.25, 0.3) is 0 Å². The molecule has 0 radical (unpaired) electrons. The maximum Gasteiger partial charge on any atom is 0.270 e. The van der Waals surface area contributed by atoms with E-state index >= 15 is 0 Å². The minimum atomic E-state index is -0.845. The molecule has 13 heavy (non-hydrogen) atoms. The van der Waals surface area contributed by atoms with Gasteiger partial charge >= 0.3 is 0 Å². The maximum atomic E-state index is 12.4. The van der Waals surface area contributed by atoms with E-state index in [1.165, 1.54) is 4.90 Å². The van der Waals surface area contributed by atoms with Crippen LogP contribution in [0.2, 0.25) is 0 Å². The Kier molecular flexibility index (Phi) is 2.11. The quantitative estimate of drug-likeness (QED) is 0.803. The number of aromatic amines is 1. The van der Waals surface area contributed by atoms with E-state index < -0.39 is 6.17 Å². The average molecular weight is 247 g/mol. The summed E-state index contributed by atoms with van der Waals surface area (Å²) < 4.78 is 13.3. The van der Waals surface area contributed by atoms with E-state index in [2.05, 4.69) is 20.9 Å². The molecule has 2 rings (SSSR count). The second kappa shape index (κ2) is 3.14. The van der Waals surface area contributed by atoms with Gasteiger partial charge in [-0.25, -0.2) is 4.39 Å².